The molecule has 0 aromatic heterocycles. The van der Waals surface area contributed by atoms with Crippen LogP contribution in [0, 0.1) is 0 Å². The molecule has 80 valence electrons. The summed E-state index contributed by atoms with van der Waals surface area (Å²) >= 11 is 3.24. The van der Waals surface area contributed by atoms with Crippen molar-refractivity contribution in [1.29, 1.82) is 0 Å². The molecule has 1 heterocycles. The first kappa shape index (κ1) is 11.9. The third kappa shape index (κ3) is 2.92. The van der Waals surface area contributed by atoms with Gasteiger partial charge in [-0.1, -0.05) is 0 Å². The number of ether oxygens (including phenoxy) is 1. The van der Waals surface area contributed by atoms with Crippen LogP contribution in [0.1, 0.15) is 20.3 Å². The molecule has 5 heteroatoms. The lowest BCUT2D eigenvalue weighted by atomic mass is 10.2. The van der Waals surface area contributed by atoms with Crippen LogP contribution in [-0.2, 0) is 14.3 Å². The Balaban J connectivity index is 2.45. The molecular weight excluding hydrogens is 220 g/mol. The fourth-order valence-electron chi connectivity index (χ4n) is 1.18. The number of Topliss-reactive ketones (excluding diaryl/α,β-unsaturated/α-hetero) is 1. The Bertz CT molecular complexity index is 234. The minimum absolute atomic E-state index is 0.0246. The summed E-state index contributed by atoms with van der Waals surface area (Å²) < 4.78 is 4.31. The van der Waals surface area contributed by atoms with Gasteiger partial charge in [-0.15, -0.1) is 23.5 Å². The molecular formula is C9H14O3S2. The van der Waals surface area contributed by atoms with Gasteiger partial charge < -0.3 is 4.74 Å². The van der Waals surface area contributed by atoms with Gasteiger partial charge in [-0.2, -0.15) is 0 Å². The average Bonchev–Trinajstić information content (AvgIpc) is 2.54. The zero-order chi connectivity index (χ0) is 10.6. The van der Waals surface area contributed by atoms with Gasteiger partial charge in [0.15, 0.2) is 5.78 Å². The number of rotatable bonds is 4. The van der Waals surface area contributed by atoms with Gasteiger partial charge in [-0.05, 0) is 13.8 Å². The van der Waals surface area contributed by atoms with E-state index in [9.17, 15) is 9.59 Å². The van der Waals surface area contributed by atoms with E-state index in [1.54, 1.807) is 30.4 Å². The highest BCUT2D eigenvalue weighted by atomic mass is 32.2. The van der Waals surface area contributed by atoms with Crippen LogP contribution >= 0.6 is 23.5 Å². The van der Waals surface area contributed by atoms with Crippen LogP contribution in [-0.4, -0.2) is 33.9 Å². The van der Waals surface area contributed by atoms with Crippen molar-refractivity contribution in [2.45, 2.75) is 24.3 Å². The van der Waals surface area contributed by atoms with Gasteiger partial charge in [0.2, 0.25) is 0 Å². The number of hydrogen-bond acceptors (Lipinski definition) is 5. The fourth-order valence-corrected chi connectivity index (χ4v) is 3.92. The number of thioether (sulfide) groups is 2. The van der Waals surface area contributed by atoms with E-state index < -0.39 is 10.0 Å². The Morgan fingerprint density at radius 2 is 1.93 bits per heavy atom. The lowest BCUT2D eigenvalue weighted by molar-refractivity contribution is -0.145. The van der Waals surface area contributed by atoms with Crippen LogP contribution < -0.4 is 0 Å². The van der Waals surface area contributed by atoms with Crippen LogP contribution in [0.15, 0.2) is 0 Å². The molecule has 0 radical (unpaired) electrons. The van der Waals surface area contributed by atoms with Crippen molar-refractivity contribution in [3.63, 3.8) is 0 Å². The van der Waals surface area contributed by atoms with E-state index in [-0.39, 0.29) is 12.2 Å². The topological polar surface area (TPSA) is 43.4 Å². The summed E-state index contributed by atoms with van der Waals surface area (Å²) in [7, 11) is 0. The van der Waals surface area contributed by atoms with E-state index in [4.69, 9.17) is 4.74 Å². The first-order valence-corrected chi connectivity index (χ1v) is 6.52. The van der Waals surface area contributed by atoms with E-state index in [1.165, 1.54) is 0 Å². The Kier molecular flexibility index (Phi) is 4.31. The first-order valence-electron chi connectivity index (χ1n) is 4.55. The molecule has 0 saturated carbocycles. The third-order valence-electron chi connectivity index (χ3n) is 1.96. The molecule has 14 heavy (non-hydrogen) atoms. The number of carbonyl (C=O) groups is 2. The lowest BCUT2D eigenvalue weighted by Crippen LogP contribution is -2.28. The maximum Gasteiger partial charge on any atom is 0.313 e. The second-order valence-corrected chi connectivity index (χ2v) is 6.33. The molecule has 1 aliphatic heterocycles. The number of ketones is 1. The standard InChI is InChI=1S/C9H14O3S2/c1-3-12-8(11)6-7(10)9(2)13-4-5-14-9/h3-6H2,1-2H3. The molecule has 1 saturated heterocycles. The summed E-state index contributed by atoms with van der Waals surface area (Å²) in [5.74, 6) is 1.53. The third-order valence-corrected chi connectivity index (χ3v) is 5.29. The monoisotopic (exact) mass is 234 g/mol. The predicted molar refractivity (Wildman–Crippen MR) is 59.6 cm³/mol. The highest BCUT2D eigenvalue weighted by Gasteiger charge is 2.38. The minimum Gasteiger partial charge on any atom is -0.466 e. The molecule has 0 aliphatic carbocycles. The van der Waals surface area contributed by atoms with E-state index in [2.05, 4.69) is 0 Å². The van der Waals surface area contributed by atoms with Crippen LogP contribution in [0.25, 0.3) is 0 Å². The van der Waals surface area contributed by atoms with E-state index in [0.717, 1.165) is 11.5 Å². The average molecular weight is 234 g/mol. The van der Waals surface area contributed by atoms with Crippen LogP contribution in [0.2, 0.25) is 0 Å². The van der Waals surface area contributed by atoms with Gasteiger partial charge in [0.05, 0.1) is 6.61 Å². The highest BCUT2D eigenvalue weighted by Crippen LogP contribution is 2.44. The van der Waals surface area contributed by atoms with Gasteiger partial charge in [0, 0.05) is 11.5 Å². The zero-order valence-electron chi connectivity index (χ0n) is 8.37. The summed E-state index contributed by atoms with van der Waals surface area (Å²) in [4.78, 5) is 22.8. The quantitative estimate of drug-likeness (QED) is 0.547. The summed E-state index contributed by atoms with van der Waals surface area (Å²) in [6.45, 7) is 3.96. The van der Waals surface area contributed by atoms with Gasteiger partial charge in [0.1, 0.15) is 10.5 Å². The lowest BCUT2D eigenvalue weighted by Gasteiger charge is -2.19. The number of carbonyl (C=O) groups excluding carboxylic acids is 2. The highest BCUT2D eigenvalue weighted by molar-refractivity contribution is 8.22. The Morgan fingerprint density at radius 3 is 2.43 bits per heavy atom. The normalized spacial score (nSPS) is 19.3. The molecule has 0 bridgehead atoms. The summed E-state index contributed by atoms with van der Waals surface area (Å²) in [6, 6.07) is 0. The second kappa shape index (κ2) is 5.07. The van der Waals surface area contributed by atoms with Gasteiger partial charge >= 0.3 is 5.97 Å². The summed E-state index contributed by atoms with van der Waals surface area (Å²) in [6.07, 6.45) is -0.0929. The van der Waals surface area contributed by atoms with Crippen molar-refractivity contribution >= 4 is 35.3 Å². The largest absolute Gasteiger partial charge is 0.466 e. The van der Waals surface area contributed by atoms with Crippen molar-refractivity contribution < 1.29 is 14.3 Å². The van der Waals surface area contributed by atoms with Gasteiger partial charge in [-0.3, -0.25) is 9.59 Å². The Hall–Kier alpha value is -0.160. The molecule has 0 aromatic carbocycles. The first-order chi connectivity index (χ1) is 6.58. The molecule has 3 nitrogen and oxygen atoms in total. The number of hydrogen-bond donors (Lipinski definition) is 0. The van der Waals surface area contributed by atoms with Crippen molar-refractivity contribution in [3.05, 3.63) is 0 Å². The molecule has 0 atom stereocenters. The van der Waals surface area contributed by atoms with E-state index in [0.29, 0.717) is 6.61 Å². The van der Waals surface area contributed by atoms with Gasteiger partial charge in [-0.25, -0.2) is 0 Å². The molecule has 1 fully saturated rings. The van der Waals surface area contributed by atoms with Crippen LogP contribution in [0.5, 0.6) is 0 Å². The van der Waals surface area contributed by atoms with Crippen LogP contribution in [0.4, 0.5) is 0 Å². The smallest absolute Gasteiger partial charge is 0.313 e. The maximum atomic E-state index is 11.7. The fraction of sp³-hybridized carbons (Fsp3) is 0.778. The van der Waals surface area contributed by atoms with Crippen molar-refractivity contribution in [3.8, 4) is 0 Å². The molecule has 0 spiro atoms. The van der Waals surface area contributed by atoms with E-state index >= 15 is 0 Å². The van der Waals surface area contributed by atoms with Gasteiger partial charge in [0.25, 0.3) is 0 Å². The zero-order valence-corrected chi connectivity index (χ0v) is 10.0. The van der Waals surface area contributed by atoms with Crippen molar-refractivity contribution in [2.24, 2.45) is 0 Å². The molecule has 0 unspecified atom stereocenters. The molecule has 1 aliphatic rings. The Labute approximate surface area is 92.3 Å². The number of esters is 1. The molecule has 1 rings (SSSR count). The predicted octanol–water partition coefficient (Wildman–Crippen LogP) is 1.70. The minimum atomic E-state index is -0.424. The summed E-state index contributed by atoms with van der Waals surface area (Å²) in [5.41, 5.74) is 0. The van der Waals surface area contributed by atoms with Crippen molar-refractivity contribution in [2.75, 3.05) is 18.1 Å². The molecule has 0 N–H and O–H groups in total. The molecule has 0 aromatic rings. The SMILES string of the molecule is CCOC(=O)CC(=O)C1(C)SCCS1. The van der Waals surface area contributed by atoms with Crippen LogP contribution in [0.3, 0.4) is 0 Å². The van der Waals surface area contributed by atoms with Crippen molar-refractivity contribution in [1.82, 2.24) is 0 Å². The Morgan fingerprint density at radius 1 is 1.36 bits per heavy atom. The molecule has 0 amide bonds. The maximum absolute atomic E-state index is 11.7. The van der Waals surface area contributed by atoms with E-state index in [1.807, 2.05) is 6.92 Å². The summed E-state index contributed by atoms with van der Waals surface area (Å²) in [5, 5.41) is 0. The second-order valence-electron chi connectivity index (χ2n) is 3.05.